The van der Waals surface area contributed by atoms with Crippen LogP contribution in [0.2, 0.25) is 0 Å². The molecule has 85 heavy (non-hydrogen) atoms. The Morgan fingerprint density at radius 3 is 0.894 bits per heavy atom. The van der Waals surface area contributed by atoms with Crippen LogP contribution < -0.4 is 0 Å². The van der Waals surface area contributed by atoms with Gasteiger partial charge in [-0.05, 0) is 37.5 Å². The fraction of sp³-hybridized carbons (Fsp3) is 0.939. The lowest BCUT2D eigenvalue weighted by Gasteiger charge is -2.21. The summed E-state index contributed by atoms with van der Waals surface area (Å²) in [6.45, 7) is 9.39. The van der Waals surface area contributed by atoms with Gasteiger partial charge in [-0.1, -0.05) is 279 Å². The predicted molar refractivity (Wildman–Crippen MR) is 340 cm³/mol. The van der Waals surface area contributed by atoms with E-state index in [1.54, 1.807) is 0 Å². The van der Waals surface area contributed by atoms with E-state index in [-0.39, 0.29) is 25.7 Å². The lowest BCUT2D eigenvalue weighted by molar-refractivity contribution is -0.161. The molecule has 0 bridgehead atoms. The minimum Gasteiger partial charge on any atom is -0.462 e. The maximum Gasteiger partial charge on any atom is 0.472 e. The highest BCUT2D eigenvalue weighted by molar-refractivity contribution is 7.47. The lowest BCUT2D eigenvalue weighted by Crippen LogP contribution is -2.30. The van der Waals surface area contributed by atoms with Crippen molar-refractivity contribution in [2.45, 2.75) is 349 Å². The normalized spacial score (nSPS) is 14.6. The number of carbonyl (C=O) groups is 4. The number of carbonyl (C=O) groups excluding carboxylic acids is 4. The molecule has 0 amide bonds. The molecule has 17 nitrogen and oxygen atoms in total. The summed E-state index contributed by atoms with van der Waals surface area (Å²) in [6, 6.07) is 0. The second-order valence-corrected chi connectivity index (χ2v) is 27.5. The minimum absolute atomic E-state index is 0.0987. The van der Waals surface area contributed by atoms with Crippen molar-refractivity contribution in [3.05, 3.63) is 0 Å². The van der Waals surface area contributed by atoms with Gasteiger partial charge >= 0.3 is 39.5 Å². The number of unbranched alkanes of at least 4 members (excludes halogenated alkanes) is 34. The van der Waals surface area contributed by atoms with Gasteiger partial charge in [0.1, 0.15) is 19.3 Å². The fourth-order valence-corrected chi connectivity index (χ4v) is 11.4. The number of ether oxygens (including phenoxy) is 4. The van der Waals surface area contributed by atoms with Gasteiger partial charge in [0.15, 0.2) is 12.2 Å². The topological polar surface area (TPSA) is 237 Å². The van der Waals surface area contributed by atoms with Crippen molar-refractivity contribution in [3.8, 4) is 0 Å². The van der Waals surface area contributed by atoms with Crippen molar-refractivity contribution >= 4 is 39.5 Å². The molecule has 3 unspecified atom stereocenters. The highest BCUT2D eigenvalue weighted by atomic mass is 31.2. The SMILES string of the molecule is CCCCCCCC(=O)OC[C@H](COP(=O)(O)OC[C@H](O)COP(=O)(O)OC[C@@H](COC(=O)CCCCCCCCCCCCC(C)CC)OC(=O)CCCCCCCCCCCCCCCCCCCCC(C)C)OC(=O)CCCCCCC. The van der Waals surface area contributed by atoms with E-state index in [0.717, 1.165) is 108 Å². The Morgan fingerprint density at radius 1 is 0.341 bits per heavy atom. The van der Waals surface area contributed by atoms with Gasteiger partial charge in [-0.25, -0.2) is 9.13 Å². The monoisotopic (exact) mass is 1250 g/mol. The first kappa shape index (κ1) is 83.1. The third kappa shape index (κ3) is 59.5. The Hall–Kier alpha value is -1.94. The molecule has 0 aromatic heterocycles. The number of hydrogen-bond acceptors (Lipinski definition) is 15. The van der Waals surface area contributed by atoms with Crippen LogP contribution in [0.3, 0.4) is 0 Å². The molecule has 19 heteroatoms. The first-order valence-electron chi connectivity index (χ1n) is 34.5. The maximum atomic E-state index is 13.0. The molecule has 0 saturated heterocycles. The lowest BCUT2D eigenvalue weighted by atomic mass is 9.99. The van der Waals surface area contributed by atoms with Gasteiger partial charge in [0, 0.05) is 25.7 Å². The van der Waals surface area contributed by atoms with Gasteiger partial charge < -0.3 is 33.8 Å². The molecule has 0 aromatic carbocycles. The summed E-state index contributed by atoms with van der Waals surface area (Å²) in [6.07, 6.45) is 42.6. The zero-order chi connectivity index (χ0) is 62.9. The van der Waals surface area contributed by atoms with E-state index in [4.69, 9.17) is 37.0 Å². The first-order chi connectivity index (χ1) is 40.9. The number of aliphatic hydroxyl groups is 1. The second-order valence-electron chi connectivity index (χ2n) is 24.6. The van der Waals surface area contributed by atoms with Gasteiger partial charge in [0.25, 0.3) is 0 Å². The summed E-state index contributed by atoms with van der Waals surface area (Å²) in [5, 5.41) is 10.5. The van der Waals surface area contributed by atoms with Gasteiger partial charge in [0.2, 0.25) is 0 Å². The average molecular weight is 1260 g/mol. The number of esters is 4. The Morgan fingerprint density at radius 2 is 0.600 bits per heavy atom. The molecule has 0 saturated carbocycles. The van der Waals surface area contributed by atoms with Crippen molar-refractivity contribution < 1.29 is 80.2 Å². The molecule has 0 aromatic rings. The van der Waals surface area contributed by atoms with E-state index in [9.17, 15) is 43.2 Å². The molecule has 0 aliphatic carbocycles. The Bertz CT molecular complexity index is 1670. The van der Waals surface area contributed by atoms with Crippen LogP contribution in [0.15, 0.2) is 0 Å². The predicted octanol–water partition coefficient (Wildman–Crippen LogP) is 18.4. The molecule has 3 N–H and O–H groups in total. The summed E-state index contributed by atoms with van der Waals surface area (Å²) in [4.78, 5) is 71.7. The quantitative estimate of drug-likeness (QED) is 0.0222. The smallest absolute Gasteiger partial charge is 0.462 e. The minimum atomic E-state index is -4.94. The molecular weight excluding hydrogens is 1130 g/mol. The van der Waals surface area contributed by atoms with Gasteiger partial charge in [-0.2, -0.15) is 0 Å². The van der Waals surface area contributed by atoms with Crippen LogP contribution >= 0.6 is 15.6 Å². The number of aliphatic hydroxyl groups excluding tert-OH is 1. The molecule has 0 aliphatic heterocycles. The molecule has 0 spiro atoms. The number of phosphoric ester groups is 2. The van der Waals surface area contributed by atoms with Crippen molar-refractivity contribution in [3.63, 3.8) is 0 Å². The Labute approximate surface area is 517 Å². The Kier molecular flexibility index (Phi) is 57.1. The molecule has 0 rings (SSSR count). The summed E-state index contributed by atoms with van der Waals surface area (Å²) in [5.41, 5.74) is 0. The van der Waals surface area contributed by atoms with E-state index in [1.807, 2.05) is 0 Å². The molecule has 0 radical (unpaired) electrons. The summed E-state index contributed by atoms with van der Waals surface area (Å²) in [5.74, 6) is -0.524. The summed E-state index contributed by atoms with van der Waals surface area (Å²) < 4.78 is 67.6. The summed E-state index contributed by atoms with van der Waals surface area (Å²) >= 11 is 0. The van der Waals surface area contributed by atoms with Crippen LogP contribution in [0.25, 0.3) is 0 Å². The van der Waals surface area contributed by atoms with E-state index in [2.05, 4.69) is 41.5 Å². The van der Waals surface area contributed by atoms with Crippen molar-refractivity contribution in [2.75, 3.05) is 39.6 Å². The molecule has 0 aliphatic rings. The van der Waals surface area contributed by atoms with E-state index < -0.39 is 97.5 Å². The van der Waals surface area contributed by atoms with E-state index >= 15 is 0 Å². The Balaban J connectivity index is 5.05. The van der Waals surface area contributed by atoms with Crippen molar-refractivity contribution in [1.29, 1.82) is 0 Å². The average Bonchev–Trinajstić information content (AvgIpc) is 3.61. The third-order valence-electron chi connectivity index (χ3n) is 15.6. The highest BCUT2D eigenvalue weighted by Crippen LogP contribution is 2.45. The summed E-state index contributed by atoms with van der Waals surface area (Å²) in [7, 11) is -9.87. The molecular formula is C66H128O17P2. The van der Waals surface area contributed by atoms with Gasteiger partial charge in [-0.3, -0.25) is 37.3 Å². The van der Waals surface area contributed by atoms with Crippen molar-refractivity contribution in [1.82, 2.24) is 0 Å². The second kappa shape index (κ2) is 58.4. The largest absolute Gasteiger partial charge is 0.472 e. The van der Waals surface area contributed by atoms with Crippen LogP contribution in [-0.2, 0) is 65.4 Å². The van der Waals surface area contributed by atoms with Crippen LogP contribution in [0.4, 0.5) is 0 Å². The van der Waals surface area contributed by atoms with Crippen LogP contribution in [-0.4, -0.2) is 96.7 Å². The third-order valence-corrected chi connectivity index (χ3v) is 17.5. The van der Waals surface area contributed by atoms with Gasteiger partial charge in [0.05, 0.1) is 26.4 Å². The first-order valence-corrected chi connectivity index (χ1v) is 37.5. The molecule has 6 atom stereocenters. The van der Waals surface area contributed by atoms with Gasteiger partial charge in [-0.15, -0.1) is 0 Å². The van der Waals surface area contributed by atoms with Crippen LogP contribution in [0, 0.1) is 11.8 Å². The number of hydrogen-bond donors (Lipinski definition) is 3. The number of rotatable bonds is 65. The maximum absolute atomic E-state index is 13.0. The standard InChI is InChI=1S/C66H128O17P2/c1-7-10-12-34-42-48-63(68)76-54-61(82-65(70)50-44-35-13-11-8-2)56-80-84(72,73)78-52-60(67)53-79-85(74,75)81-57-62(55-77-64(69)49-43-38-32-28-25-24-27-31-37-41-47-59(6)9-3)83-66(71)51-45-39-33-29-23-21-19-17-15-14-16-18-20-22-26-30-36-40-46-58(4)5/h58-62,67H,7-57H2,1-6H3,(H,72,73)(H,74,75)/t59?,60-,61+,62+/m0/s1. The van der Waals surface area contributed by atoms with Crippen molar-refractivity contribution in [2.24, 2.45) is 11.8 Å². The number of phosphoric acid groups is 2. The zero-order valence-corrected chi connectivity index (χ0v) is 56.7. The van der Waals surface area contributed by atoms with E-state index in [1.165, 1.54) is 141 Å². The molecule has 0 heterocycles. The zero-order valence-electron chi connectivity index (χ0n) is 54.9. The van der Waals surface area contributed by atoms with Crippen LogP contribution in [0.1, 0.15) is 330 Å². The molecule has 0 fully saturated rings. The van der Waals surface area contributed by atoms with E-state index in [0.29, 0.717) is 25.7 Å². The fourth-order valence-electron chi connectivity index (χ4n) is 9.85. The molecule has 504 valence electrons. The van der Waals surface area contributed by atoms with Crippen LogP contribution in [0.5, 0.6) is 0 Å². The highest BCUT2D eigenvalue weighted by Gasteiger charge is 2.30.